The maximum Gasteiger partial charge on any atom is 0.243 e. The second-order valence-electron chi connectivity index (χ2n) is 8.68. The lowest BCUT2D eigenvalue weighted by atomic mass is 9.96. The predicted molar refractivity (Wildman–Crippen MR) is 126 cm³/mol. The van der Waals surface area contributed by atoms with Gasteiger partial charge in [-0.25, -0.2) is 26.6 Å². The molecule has 0 saturated carbocycles. The fourth-order valence-electron chi connectivity index (χ4n) is 4.56. The summed E-state index contributed by atoms with van der Waals surface area (Å²) in [4.78, 5) is 21.2. The molecule has 0 bridgehead atoms. The Kier molecular flexibility index (Phi) is 6.45. The zero-order valence-electron chi connectivity index (χ0n) is 18.7. The van der Waals surface area contributed by atoms with Crippen LogP contribution in [0.2, 0.25) is 0 Å². The molecule has 3 heterocycles. The first kappa shape index (κ1) is 24.0. The van der Waals surface area contributed by atoms with Crippen molar-refractivity contribution < 1.29 is 26.4 Å². The van der Waals surface area contributed by atoms with Crippen molar-refractivity contribution in [2.45, 2.75) is 17.7 Å². The van der Waals surface area contributed by atoms with Crippen molar-refractivity contribution in [2.24, 2.45) is 5.92 Å². The van der Waals surface area contributed by atoms with E-state index in [-0.39, 0.29) is 35.3 Å². The molecule has 2 saturated heterocycles. The van der Waals surface area contributed by atoms with Gasteiger partial charge >= 0.3 is 0 Å². The van der Waals surface area contributed by atoms with Gasteiger partial charge in [0.2, 0.25) is 15.9 Å². The number of carbonyl (C=O) groups excluding carboxylic acids is 1. The SMILES string of the molecule is O=C(C1CCN(S(=O)(=O)c2ccc(F)cc2)CC1)N1CCN(c2nc3c(F)cc(F)cc3s2)CC1. The van der Waals surface area contributed by atoms with Crippen molar-refractivity contribution in [3.05, 3.63) is 53.8 Å². The second-order valence-corrected chi connectivity index (χ2v) is 11.6. The molecule has 0 radical (unpaired) electrons. The Hall–Kier alpha value is -2.70. The number of sulfonamides is 1. The summed E-state index contributed by atoms with van der Waals surface area (Å²) >= 11 is 1.22. The Morgan fingerprint density at radius 2 is 1.57 bits per heavy atom. The Balaban J connectivity index is 1.17. The molecule has 5 rings (SSSR count). The number of nitrogens with zero attached hydrogens (tertiary/aromatic N) is 4. The smallest absolute Gasteiger partial charge is 0.243 e. The van der Waals surface area contributed by atoms with Gasteiger partial charge < -0.3 is 9.80 Å². The third-order valence-corrected chi connectivity index (χ3v) is 9.49. The third-order valence-electron chi connectivity index (χ3n) is 6.52. The van der Waals surface area contributed by atoms with Gasteiger partial charge in [-0.3, -0.25) is 4.79 Å². The van der Waals surface area contributed by atoms with Crippen molar-refractivity contribution in [2.75, 3.05) is 44.2 Å². The number of piperidine rings is 1. The molecule has 2 aliphatic rings. The predicted octanol–water partition coefficient (Wildman–Crippen LogP) is 3.46. The van der Waals surface area contributed by atoms with Crippen LogP contribution in [0, 0.1) is 23.4 Å². The molecule has 0 atom stereocenters. The number of fused-ring (bicyclic) bond motifs is 1. The van der Waals surface area contributed by atoms with Crippen LogP contribution >= 0.6 is 11.3 Å². The van der Waals surface area contributed by atoms with Gasteiger partial charge in [0.15, 0.2) is 10.9 Å². The summed E-state index contributed by atoms with van der Waals surface area (Å²) in [5, 5.41) is 0.593. The molecule has 2 aliphatic heterocycles. The third kappa shape index (κ3) is 4.74. The number of hydrogen-bond donors (Lipinski definition) is 0. The molecule has 0 aliphatic carbocycles. The number of thiazole rings is 1. The van der Waals surface area contributed by atoms with Gasteiger partial charge in [0.25, 0.3) is 0 Å². The summed E-state index contributed by atoms with van der Waals surface area (Å²) in [6, 6.07) is 6.81. The highest BCUT2D eigenvalue weighted by Gasteiger charge is 2.35. The molecule has 1 aromatic heterocycles. The second kappa shape index (κ2) is 9.40. The molecule has 2 aromatic carbocycles. The molecule has 186 valence electrons. The van der Waals surface area contributed by atoms with Crippen LogP contribution in [0.5, 0.6) is 0 Å². The first-order valence-electron chi connectivity index (χ1n) is 11.3. The van der Waals surface area contributed by atoms with E-state index in [4.69, 9.17) is 0 Å². The minimum absolute atomic E-state index is 0.000829. The minimum atomic E-state index is -3.73. The van der Waals surface area contributed by atoms with Crippen LogP contribution in [0.25, 0.3) is 10.2 Å². The number of benzene rings is 2. The number of aromatic nitrogens is 1. The summed E-state index contributed by atoms with van der Waals surface area (Å²) in [7, 11) is -3.73. The highest BCUT2D eigenvalue weighted by molar-refractivity contribution is 7.89. The van der Waals surface area contributed by atoms with Crippen LogP contribution in [0.4, 0.5) is 18.3 Å². The van der Waals surface area contributed by atoms with E-state index in [2.05, 4.69) is 4.98 Å². The van der Waals surface area contributed by atoms with Gasteiger partial charge in [0.1, 0.15) is 17.2 Å². The fraction of sp³-hybridized carbons (Fsp3) is 0.391. The maximum absolute atomic E-state index is 14.0. The highest BCUT2D eigenvalue weighted by Crippen LogP contribution is 2.32. The number of halogens is 3. The van der Waals surface area contributed by atoms with Crippen LogP contribution in [-0.2, 0) is 14.8 Å². The van der Waals surface area contributed by atoms with Gasteiger partial charge in [0, 0.05) is 51.3 Å². The average molecular weight is 525 g/mol. The van der Waals surface area contributed by atoms with Crippen LogP contribution < -0.4 is 4.90 Å². The Morgan fingerprint density at radius 3 is 2.23 bits per heavy atom. The van der Waals surface area contributed by atoms with Gasteiger partial charge in [-0.1, -0.05) is 11.3 Å². The molecule has 1 amide bonds. The average Bonchev–Trinajstić information content (AvgIpc) is 3.28. The number of piperazine rings is 1. The van der Waals surface area contributed by atoms with Crippen LogP contribution in [0.15, 0.2) is 41.3 Å². The summed E-state index contributed by atoms with van der Waals surface area (Å²) in [6.45, 7) is 2.44. The quantitative estimate of drug-likeness (QED) is 0.523. The topological polar surface area (TPSA) is 73.8 Å². The molecular formula is C23H23F3N4O3S2. The molecular weight excluding hydrogens is 501 g/mol. The molecule has 0 N–H and O–H groups in total. The van der Waals surface area contributed by atoms with E-state index in [1.165, 1.54) is 33.8 Å². The van der Waals surface area contributed by atoms with Crippen molar-refractivity contribution in [3.63, 3.8) is 0 Å². The molecule has 0 spiro atoms. The number of rotatable bonds is 4. The van der Waals surface area contributed by atoms with Gasteiger partial charge in [-0.15, -0.1) is 0 Å². The zero-order chi connectivity index (χ0) is 24.7. The largest absolute Gasteiger partial charge is 0.345 e. The highest BCUT2D eigenvalue weighted by atomic mass is 32.2. The van der Waals surface area contributed by atoms with E-state index in [9.17, 15) is 26.4 Å². The monoisotopic (exact) mass is 524 g/mol. The molecule has 2 fully saturated rings. The van der Waals surface area contributed by atoms with E-state index in [0.717, 1.165) is 18.2 Å². The van der Waals surface area contributed by atoms with Crippen molar-refractivity contribution in [1.82, 2.24) is 14.2 Å². The van der Waals surface area contributed by atoms with Crippen LogP contribution in [0.3, 0.4) is 0 Å². The first-order valence-corrected chi connectivity index (χ1v) is 13.5. The Morgan fingerprint density at radius 1 is 0.914 bits per heavy atom. The minimum Gasteiger partial charge on any atom is -0.345 e. The molecule has 3 aromatic rings. The summed E-state index contributed by atoms with van der Waals surface area (Å²) in [5.74, 6) is -2.10. The molecule has 12 heteroatoms. The summed E-state index contributed by atoms with van der Waals surface area (Å²) < 4.78 is 68.0. The Labute approximate surface area is 204 Å². The van der Waals surface area contributed by atoms with Crippen molar-refractivity contribution in [1.29, 1.82) is 0 Å². The van der Waals surface area contributed by atoms with E-state index >= 15 is 0 Å². The number of amides is 1. The molecule has 35 heavy (non-hydrogen) atoms. The maximum atomic E-state index is 14.0. The molecule has 0 unspecified atom stereocenters. The molecule has 7 nitrogen and oxygen atoms in total. The lowest BCUT2D eigenvalue weighted by molar-refractivity contribution is -0.137. The zero-order valence-corrected chi connectivity index (χ0v) is 20.3. The van der Waals surface area contributed by atoms with Crippen LogP contribution in [-0.4, -0.2) is 67.8 Å². The van der Waals surface area contributed by atoms with Crippen LogP contribution in [0.1, 0.15) is 12.8 Å². The lowest BCUT2D eigenvalue weighted by Crippen LogP contribution is -2.52. The number of anilines is 1. The fourth-order valence-corrected chi connectivity index (χ4v) is 7.08. The van der Waals surface area contributed by atoms with E-state index in [1.54, 1.807) is 4.90 Å². The Bertz CT molecular complexity index is 1350. The van der Waals surface area contributed by atoms with Gasteiger partial charge in [-0.2, -0.15) is 4.31 Å². The van der Waals surface area contributed by atoms with E-state index < -0.39 is 27.5 Å². The standard InChI is InChI=1S/C23H23F3N4O3S2/c24-16-1-3-18(4-2-16)35(32,33)30-7-5-15(6-8-30)22(31)28-9-11-29(12-10-28)23-27-21-19(26)13-17(25)14-20(21)34-23/h1-4,13-15H,5-12H2. The van der Waals surface area contributed by atoms with E-state index in [1.807, 2.05) is 4.90 Å². The van der Waals surface area contributed by atoms with Gasteiger partial charge in [0.05, 0.1) is 9.60 Å². The normalized spacial score (nSPS) is 18.4. The van der Waals surface area contributed by atoms with Crippen molar-refractivity contribution >= 4 is 42.6 Å². The van der Waals surface area contributed by atoms with Gasteiger partial charge in [-0.05, 0) is 43.2 Å². The van der Waals surface area contributed by atoms with Crippen molar-refractivity contribution in [3.8, 4) is 0 Å². The summed E-state index contributed by atoms with van der Waals surface area (Å²) in [5.41, 5.74) is 0.146. The number of carbonyl (C=O) groups is 1. The number of hydrogen-bond acceptors (Lipinski definition) is 6. The first-order chi connectivity index (χ1) is 16.7. The summed E-state index contributed by atoms with van der Waals surface area (Å²) in [6.07, 6.45) is 0.838. The lowest BCUT2D eigenvalue weighted by Gasteiger charge is -2.38. The van der Waals surface area contributed by atoms with E-state index in [0.29, 0.717) is 48.9 Å².